The van der Waals surface area contributed by atoms with E-state index >= 15 is 0 Å². The number of nitrogens with one attached hydrogen (secondary N) is 6. The molecule has 9 heterocycles. The molecule has 0 bridgehead atoms. The Morgan fingerprint density at radius 3 is 1.15 bits per heavy atom. The first kappa shape index (κ1) is 103. The lowest BCUT2D eigenvalue weighted by Gasteiger charge is -2.22. The van der Waals surface area contributed by atoms with Crippen molar-refractivity contribution in [2.24, 2.45) is 17.8 Å². The predicted molar refractivity (Wildman–Crippen MR) is 489 cm³/mol. The Kier molecular flexibility index (Phi) is 49.9. The number of aryl methyl sites for hydroxylation is 9. The number of carbonyl (C=O) groups is 6. The second-order valence-electron chi connectivity index (χ2n) is 35.0. The van der Waals surface area contributed by atoms with Crippen LogP contribution in [0, 0.1) is 31.6 Å². The molecule has 690 valence electrons. The smallest absolute Gasteiger partial charge is 0.303 e. The minimum atomic E-state index is -0.838. The summed E-state index contributed by atoms with van der Waals surface area (Å²) in [5.41, 5.74) is 9.77. The monoisotopic (exact) mass is 1730 g/mol. The number of amides is 3. The van der Waals surface area contributed by atoms with E-state index in [0.717, 1.165) is 237 Å². The molecular formula is C97H149N15O13. The number of pyridine rings is 3. The maximum absolute atomic E-state index is 12.8. The standard InChI is InChI=1S/C36H57N5O6.C31H47N5O3.C30H45N5O4/c1-28(2)15-19-45-21-23-47-24-22-46-20-16-34(42)37-17-8-12-33-39-26-31(27-40-33)30(25-35(43)44)9-5-3-4-6-11-32-14-13-29-10-7-18-38-36(29)41-32;1-22(2)14-17-39-18-15-30(38)35-28(12-13-29-11-10-25-8-6-16-32-31(25)36-29)9-5-7-26(19-23(3)37)27-20-33-24(4)34-21-27;1-21(2)13-16-39-17-14-28(36)34-26(11-12-27-10-9-23-7-5-15-31-30(23)35-27)8-4-6-24(18-29(37)38)25-19-32-22(3)33-20-25/h13-14,26-28,30H,3-12,15-25H2,1-2H3,(H,37,42)(H,38,41)(H,43,44);10-11,20-22,26,28H,5-9,12-19H2,1-4H3,(H,32,36)(H,35,38);9-10,19-21,24,26H,4-8,11-18H2,1-3H3,(H,31,35)(H,34,36)(H,37,38)/t30-;26-,28?;24-,26?/m010/s1. The van der Waals surface area contributed by atoms with Gasteiger partial charge in [0, 0.05) is 144 Å². The predicted octanol–water partition coefficient (Wildman–Crippen LogP) is 15.7. The van der Waals surface area contributed by atoms with Crippen LogP contribution < -0.4 is 31.9 Å². The van der Waals surface area contributed by atoms with Crippen LogP contribution in [0.3, 0.4) is 0 Å². The van der Waals surface area contributed by atoms with Crippen molar-refractivity contribution in [3.8, 4) is 0 Å². The summed E-state index contributed by atoms with van der Waals surface area (Å²) in [6, 6.07) is 12.9. The maximum atomic E-state index is 12.8. The van der Waals surface area contributed by atoms with E-state index in [2.05, 4.69) is 140 Å². The number of carbonyl (C=O) groups excluding carboxylic acids is 4. The van der Waals surface area contributed by atoms with Crippen LogP contribution >= 0.6 is 0 Å². The summed E-state index contributed by atoms with van der Waals surface area (Å²) in [5.74, 6) is 5.22. The second-order valence-corrected chi connectivity index (χ2v) is 35.0. The number of aliphatic carboxylic acids is 2. The van der Waals surface area contributed by atoms with Gasteiger partial charge < -0.3 is 70.6 Å². The third-order valence-corrected chi connectivity index (χ3v) is 22.7. The van der Waals surface area contributed by atoms with Gasteiger partial charge in [-0.1, -0.05) is 91.8 Å². The van der Waals surface area contributed by atoms with Crippen LogP contribution in [0.15, 0.2) is 73.6 Å². The lowest BCUT2D eigenvalue weighted by molar-refractivity contribution is -0.138. The van der Waals surface area contributed by atoms with Gasteiger partial charge in [-0.05, 0) is 243 Å². The zero-order valence-corrected chi connectivity index (χ0v) is 76.7. The Labute approximate surface area is 744 Å². The molecule has 0 saturated heterocycles. The normalized spacial score (nSPS) is 14.0. The number of hydrogen-bond donors (Lipinski definition) is 8. The lowest BCUT2D eigenvalue weighted by atomic mass is 9.89. The number of ether oxygens (including phenoxy) is 5. The summed E-state index contributed by atoms with van der Waals surface area (Å²) in [5, 5.41) is 38.5. The molecule has 0 radical (unpaired) electrons. The molecule has 0 spiro atoms. The molecule has 8 N–H and O–H groups in total. The third kappa shape index (κ3) is 44.8. The van der Waals surface area contributed by atoms with Crippen LogP contribution in [0.5, 0.6) is 0 Å². The van der Waals surface area contributed by atoms with Gasteiger partial charge in [-0.25, -0.2) is 44.9 Å². The number of unbranched alkanes of at least 4 members (excludes halogenated alkanes) is 3. The summed E-state index contributed by atoms with van der Waals surface area (Å²) in [6.07, 6.45) is 37.2. The number of ketones is 1. The van der Waals surface area contributed by atoms with Gasteiger partial charge in [-0.3, -0.25) is 24.0 Å². The Hall–Kier alpha value is -9.09. The maximum Gasteiger partial charge on any atom is 0.303 e. The molecule has 6 aromatic heterocycles. The molecule has 28 nitrogen and oxygen atoms in total. The van der Waals surface area contributed by atoms with Crippen molar-refractivity contribution < 1.29 is 62.7 Å². The number of fused-ring (bicyclic) bond motifs is 3. The van der Waals surface area contributed by atoms with E-state index < -0.39 is 11.9 Å². The molecular weight excluding hydrogens is 1580 g/mol. The van der Waals surface area contributed by atoms with E-state index in [0.29, 0.717) is 134 Å². The van der Waals surface area contributed by atoms with Crippen LogP contribution in [-0.4, -0.2) is 195 Å². The largest absolute Gasteiger partial charge is 0.481 e. The Morgan fingerprint density at radius 1 is 0.384 bits per heavy atom. The average Bonchev–Trinajstić information content (AvgIpc) is 0.860. The van der Waals surface area contributed by atoms with E-state index in [1.54, 1.807) is 31.7 Å². The van der Waals surface area contributed by atoms with Crippen LogP contribution in [0.4, 0.5) is 17.5 Å². The molecule has 0 aromatic carbocycles. The Morgan fingerprint density at radius 2 is 0.744 bits per heavy atom. The van der Waals surface area contributed by atoms with E-state index in [4.69, 9.17) is 38.6 Å². The van der Waals surface area contributed by atoms with Crippen molar-refractivity contribution >= 4 is 52.9 Å². The first-order valence-corrected chi connectivity index (χ1v) is 46.7. The van der Waals surface area contributed by atoms with Crippen molar-refractivity contribution in [3.63, 3.8) is 0 Å². The van der Waals surface area contributed by atoms with Gasteiger partial charge in [0.2, 0.25) is 17.7 Å². The highest BCUT2D eigenvalue weighted by atomic mass is 16.5. The van der Waals surface area contributed by atoms with Crippen LogP contribution in [-0.2, 0) is 97.4 Å². The summed E-state index contributed by atoms with van der Waals surface area (Å²) in [6.45, 7) is 27.1. The molecule has 28 heteroatoms. The quantitative estimate of drug-likeness (QED) is 0.0164. The van der Waals surface area contributed by atoms with Crippen LogP contribution in [0.1, 0.15) is 301 Å². The minimum absolute atomic E-state index is 0.0152. The van der Waals surface area contributed by atoms with Gasteiger partial charge in [0.15, 0.2) is 0 Å². The molecule has 3 aliphatic rings. The molecule has 0 saturated carbocycles. The molecule has 9 rings (SSSR count). The fourth-order valence-electron chi connectivity index (χ4n) is 15.2. The highest BCUT2D eigenvalue weighted by Gasteiger charge is 2.24. The van der Waals surface area contributed by atoms with E-state index in [1.807, 2.05) is 26.2 Å². The molecule has 5 atom stereocenters. The highest BCUT2D eigenvalue weighted by molar-refractivity contribution is 5.77. The molecule has 125 heavy (non-hydrogen) atoms. The number of Topliss-reactive ketones (excluding diaryl/α,β-unsaturated/α-hetero) is 1. The number of anilines is 3. The SMILES string of the molecule is CC(=O)C[C@@H](CCCC(CCc1ccc2c(n1)NCCC2)NC(=O)CCOCCC(C)C)c1cnc(C)nc1.CC(C)CCOCCOCCOCCC(=O)NCCCc1ncc([C@@H](CCCCCCc2ccc3c(n2)NCCC3)CC(=O)O)cn1.Cc1ncc([C@@H](CCCC(CCc2ccc3c(n2)NCCC3)NC(=O)CCOCCC(C)C)CC(=O)O)cn1. The molecule has 6 aromatic rings. The van der Waals surface area contributed by atoms with Gasteiger partial charge in [-0.15, -0.1) is 0 Å². The second kappa shape index (κ2) is 60.6. The van der Waals surface area contributed by atoms with Gasteiger partial charge in [0.25, 0.3) is 0 Å². The van der Waals surface area contributed by atoms with Gasteiger partial charge >= 0.3 is 11.9 Å². The zero-order chi connectivity index (χ0) is 89.6. The fraction of sp³-hybridized carbons (Fsp3) is 0.660. The lowest BCUT2D eigenvalue weighted by Crippen LogP contribution is -2.36. The molecule has 3 amide bonds. The van der Waals surface area contributed by atoms with E-state index in [9.17, 15) is 39.0 Å². The fourth-order valence-corrected chi connectivity index (χ4v) is 15.2. The van der Waals surface area contributed by atoms with Gasteiger partial charge in [0.1, 0.15) is 40.7 Å². The Balaban J connectivity index is 0.000000259. The number of aromatic nitrogens is 9. The van der Waals surface area contributed by atoms with E-state index in [1.165, 1.54) is 23.1 Å². The number of nitrogens with zero attached hydrogens (tertiary/aromatic N) is 9. The summed E-state index contributed by atoms with van der Waals surface area (Å²) in [7, 11) is 0. The van der Waals surface area contributed by atoms with Gasteiger partial charge in [-0.2, -0.15) is 0 Å². The minimum Gasteiger partial charge on any atom is -0.481 e. The van der Waals surface area contributed by atoms with E-state index in [-0.39, 0.29) is 66.2 Å². The third-order valence-electron chi connectivity index (χ3n) is 22.7. The van der Waals surface area contributed by atoms with Crippen molar-refractivity contribution in [2.75, 3.05) is 108 Å². The topological polar surface area (TPSA) is 377 Å². The number of hydrogen-bond acceptors (Lipinski definition) is 23. The van der Waals surface area contributed by atoms with Crippen molar-refractivity contribution in [2.45, 2.75) is 304 Å². The van der Waals surface area contributed by atoms with Gasteiger partial charge in [0.05, 0.1) is 59.1 Å². The molecule has 3 aliphatic heterocycles. The first-order chi connectivity index (χ1) is 60.5. The molecule has 0 fully saturated rings. The summed E-state index contributed by atoms with van der Waals surface area (Å²) in [4.78, 5) is 113. The summed E-state index contributed by atoms with van der Waals surface area (Å²) < 4.78 is 27.8. The van der Waals surface area contributed by atoms with Crippen molar-refractivity contribution in [3.05, 3.63) is 142 Å². The molecule has 2 unspecified atom stereocenters. The Bertz CT molecular complexity index is 3900. The average molecular weight is 1730 g/mol. The van der Waals surface area contributed by atoms with Crippen molar-refractivity contribution in [1.82, 2.24) is 60.8 Å². The number of carboxylic acids is 2. The highest BCUT2D eigenvalue weighted by Crippen LogP contribution is 2.31. The number of carboxylic acid groups (broad SMARTS) is 2. The van der Waals surface area contributed by atoms with Crippen molar-refractivity contribution in [1.29, 1.82) is 0 Å². The first-order valence-electron chi connectivity index (χ1n) is 46.7. The summed E-state index contributed by atoms with van der Waals surface area (Å²) >= 11 is 0. The van der Waals surface area contributed by atoms with Crippen LogP contribution in [0.25, 0.3) is 0 Å². The number of rotatable bonds is 60. The zero-order valence-electron chi connectivity index (χ0n) is 76.7. The molecule has 0 aliphatic carbocycles. The van der Waals surface area contributed by atoms with Crippen LogP contribution in [0.2, 0.25) is 0 Å².